The Hall–Kier alpha value is -1.20. The second-order valence-corrected chi connectivity index (χ2v) is 5.91. The number of pyridine rings is 1. The standard InChI is InChI=1S/C15H20BrN3O/c1-5-11-14(16)12(19(4)18-11)7-13(20)15-10(3)6-9(2)8-17-15/h6,8,13,20H,5,7H2,1-4H3. The molecule has 0 radical (unpaired) electrons. The third kappa shape index (κ3) is 2.94. The minimum Gasteiger partial charge on any atom is -0.386 e. The van der Waals surface area contributed by atoms with Gasteiger partial charge in [-0.3, -0.25) is 9.67 Å². The molecule has 20 heavy (non-hydrogen) atoms. The van der Waals surface area contributed by atoms with Crippen molar-refractivity contribution in [1.29, 1.82) is 0 Å². The molecule has 5 heteroatoms. The maximum atomic E-state index is 10.5. The predicted molar refractivity (Wildman–Crippen MR) is 82.7 cm³/mol. The molecule has 2 aromatic rings. The Morgan fingerprint density at radius 3 is 2.65 bits per heavy atom. The number of aliphatic hydroxyl groups is 1. The van der Waals surface area contributed by atoms with E-state index >= 15 is 0 Å². The van der Waals surface area contributed by atoms with Gasteiger partial charge >= 0.3 is 0 Å². The highest BCUT2D eigenvalue weighted by atomic mass is 79.9. The number of hydrogen-bond donors (Lipinski definition) is 1. The Balaban J connectivity index is 2.27. The molecule has 2 rings (SSSR count). The molecule has 0 fully saturated rings. The van der Waals surface area contributed by atoms with Crippen LogP contribution in [0.2, 0.25) is 0 Å². The lowest BCUT2D eigenvalue weighted by molar-refractivity contribution is 0.170. The fraction of sp³-hybridized carbons (Fsp3) is 0.467. The van der Waals surface area contributed by atoms with E-state index in [4.69, 9.17) is 0 Å². The highest BCUT2D eigenvalue weighted by molar-refractivity contribution is 9.10. The summed E-state index contributed by atoms with van der Waals surface area (Å²) in [6.45, 7) is 6.05. The fourth-order valence-corrected chi connectivity index (χ4v) is 3.17. The van der Waals surface area contributed by atoms with Gasteiger partial charge in [-0.05, 0) is 47.3 Å². The van der Waals surface area contributed by atoms with Gasteiger partial charge in [0.2, 0.25) is 0 Å². The van der Waals surface area contributed by atoms with Gasteiger partial charge in [-0.1, -0.05) is 13.0 Å². The van der Waals surface area contributed by atoms with Gasteiger partial charge in [0.25, 0.3) is 0 Å². The van der Waals surface area contributed by atoms with Gasteiger partial charge in [0.1, 0.15) is 6.10 Å². The maximum Gasteiger partial charge on any atom is 0.102 e. The maximum absolute atomic E-state index is 10.5. The molecule has 1 unspecified atom stereocenters. The Morgan fingerprint density at radius 1 is 1.40 bits per heavy atom. The molecule has 0 aliphatic heterocycles. The zero-order chi connectivity index (χ0) is 14.9. The number of halogens is 1. The predicted octanol–water partition coefficient (Wildman–Crippen LogP) is 3.03. The average Bonchev–Trinajstić information content (AvgIpc) is 2.66. The average molecular weight is 338 g/mol. The lowest BCUT2D eigenvalue weighted by atomic mass is 10.0. The molecular weight excluding hydrogens is 318 g/mol. The Kier molecular flexibility index (Phi) is 4.60. The fourth-order valence-electron chi connectivity index (χ4n) is 2.40. The minimum absolute atomic E-state index is 0.501. The van der Waals surface area contributed by atoms with Crippen LogP contribution < -0.4 is 0 Å². The van der Waals surface area contributed by atoms with E-state index in [9.17, 15) is 5.11 Å². The molecular formula is C15H20BrN3O. The molecule has 4 nitrogen and oxygen atoms in total. The van der Waals surface area contributed by atoms with Crippen LogP contribution in [-0.2, 0) is 19.9 Å². The van der Waals surface area contributed by atoms with Gasteiger partial charge in [0.15, 0.2) is 0 Å². The SMILES string of the molecule is CCc1nn(C)c(CC(O)c2ncc(C)cc2C)c1Br. The van der Waals surface area contributed by atoms with Crippen LogP contribution >= 0.6 is 15.9 Å². The summed E-state index contributed by atoms with van der Waals surface area (Å²) in [6.07, 6.45) is 2.54. The van der Waals surface area contributed by atoms with Crippen molar-refractivity contribution in [3.8, 4) is 0 Å². The zero-order valence-electron chi connectivity index (χ0n) is 12.3. The summed E-state index contributed by atoms with van der Waals surface area (Å²) in [6, 6.07) is 2.04. The summed E-state index contributed by atoms with van der Waals surface area (Å²) in [5.41, 5.74) is 4.88. The molecule has 1 N–H and O–H groups in total. The molecule has 0 spiro atoms. The van der Waals surface area contributed by atoms with Crippen molar-refractivity contribution < 1.29 is 5.11 Å². The van der Waals surface area contributed by atoms with Crippen LogP contribution in [0.15, 0.2) is 16.7 Å². The van der Waals surface area contributed by atoms with E-state index < -0.39 is 6.10 Å². The molecule has 0 aromatic carbocycles. The van der Waals surface area contributed by atoms with Crippen LogP contribution in [0.25, 0.3) is 0 Å². The van der Waals surface area contributed by atoms with E-state index in [1.54, 1.807) is 6.20 Å². The monoisotopic (exact) mass is 337 g/mol. The Bertz CT molecular complexity index is 622. The highest BCUT2D eigenvalue weighted by Gasteiger charge is 2.19. The third-order valence-corrected chi connectivity index (χ3v) is 4.38. The van der Waals surface area contributed by atoms with Gasteiger partial charge in [-0.15, -0.1) is 0 Å². The van der Waals surface area contributed by atoms with Gasteiger partial charge < -0.3 is 5.11 Å². The topological polar surface area (TPSA) is 50.9 Å². The number of aryl methyl sites for hydroxylation is 4. The largest absolute Gasteiger partial charge is 0.386 e. The van der Waals surface area contributed by atoms with Crippen LogP contribution in [0.4, 0.5) is 0 Å². The van der Waals surface area contributed by atoms with Crippen LogP contribution in [0.3, 0.4) is 0 Å². The number of rotatable bonds is 4. The van der Waals surface area contributed by atoms with E-state index in [-0.39, 0.29) is 0 Å². The lowest BCUT2D eigenvalue weighted by Gasteiger charge is -2.13. The van der Waals surface area contributed by atoms with Gasteiger partial charge in [-0.25, -0.2) is 0 Å². The van der Waals surface area contributed by atoms with E-state index in [1.807, 2.05) is 31.6 Å². The molecule has 0 saturated carbocycles. The van der Waals surface area contributed by atoms with E-state index in [1.165, 1.54) is 0 Å². The summed E-state index contributed by atoms with van der Waals surface area (Å²) >= 11 is 3.58. The van der Waals surface area contributed by atoms with Crippen LogP contribution in [0.5, 0.6) is 0 Å². The number of hydrogen-bond acceptors (Lipinski definition) is 3. The Labute approximate surface area is 128 Å². The molecule has 0 bridgehead atoms. The van der Waals surface area contributed by atoms with E-state index in [2.05, 4.69) is 32.9 Å². The van der Waals surface area contributed by atoms with E-state index in [0.717, 1.165) is 39.1 Å². The summed E-state index contributed by atoms with van der Waals surface area (Å²) in [5.74, 6) is 0. The first-order chi connectivity index (χ1) is 9.43. The molecule has 108 valence electrons. The summed E-state index contributed by atoms with van der Waals surface area (Å²) in [4.78, 5) is 4.37. The van der Waals surface area contributed by atoms with Crippen molar-refractivity contribution in [3.63, 3.8) is 0 Å². The minimum atomic E-state index is -0.619. The molecule has 0 aliphatic carbocycles. The smallest absolute Gasteiger partial charge is 0.102 e. The molecule has 0 amide bonds. The molecule has 0 saturated heterocycles. The molecule has 1 atom stereocenters. The van der Waals surface area contributed by atoms with Crippen molar-refractivity contribution in [2.45, 2.75) is 39.7 Å². The van der Waals surface area contributed by atoms with Crippen molar-refractivity contribution in [3.05, 3.63) is 44.9 Å². The first kappa shape index (κ1) is 15.2. The lowest BCUT2D eigenvalue weighted by Crippen LogP contribution is -2.10. The molecule has 2 heterocycles. The van der Waals surface area contributed by atoms with Crippen molar-refractivity contribution in [1.82, 2.24) is 14.8 Å². The molecule has 0 aliphatic rings. The van der Waals surface area contributed by atoms with Crippen molar-refractivity contribution in [2.75, 3.05) is 0 Å². The van der Waals surface area contributed by atoms with E-state index in [0.29, 0.717) is 6.42 Å². The first-order valence-corrected chi connectivity index (χ1v) is 7.54. The van der Waals surface area contributed by atoms with Crippen LogP contribution in [0, 0.1) is 13.8 Å². The van der Waals surface area contributed by atoms with Gasteiger partial charge in [-0.2, -0.15) is 5.10 Å². The summed E-state index contributed by atoms with van der Waals surface area (Å²) < 4.78 is 2.82. The second-order valence-electron chi connectivity index (χ2n) is 5.12. The number of aromatic nitrogens is 3. The van der Waals surface area contributed by atoms with Gasteiger partial charge in [0, 0.05) is 19.7 Å². The quantitative estimate of drug-likeness (QED) is 0.932. The highest BCUT2D eigenvalue weighted by Crippen LogP contribution is 2.27. The van der Waals surface area contributed by atoms with Gasteiger partial charge in [0.05, 0.1) is 21.6 Å². The van der Waals surface area contributed by atoms with Crippen LogP contribution in [0.1, 0.15) is 41.2 Å². The molecule has 2 aromatic heterocycles. The Morgan fingerprint density at radius 2 is 2.10 bits per heavy atom. The third-order valence-electron chi connectivity index (χ3n) is 3.46. The number of nitrogens with zero attached hydrogens (tertiary/aromatic N) is 3. The normalized spacial score (nSPS) is 12.7. The first-order valence-electron chi connectivity index (χ1n) is 6.75. The summed E-state index contributed by atoms with van der Waals surface area (Å²) in [5, 5.41) is 14.9. The zero-order valence-corrected chi connectivity index (χ0v) is 13.9. The second kappa shape index (κ2) is 6.06. The van der Waals surface area contributed by atoms with Crippen LogP contribution in [-0.4, -0.2) is 19.9 Å². The summed E-state index contributed by atoms with van der Waals surface area (Å²) in [7, 11) is 1.90. The van der Waals surface area contributed by atoms with Crippen molar-refractivity contribution >= 4 is 15.9 Å². The van der Waals surface area contributed by atoms with Crippen molar-refractivity contribution in [2.24, 2.45) is 7.05 Å². The number of aliphatic hydroxyl groups excluding tert-OH is 1.